The molecule has 1 amide bonds. The lowest BCUT2D eigenvalue weighted by Gasteiger charge is -2.30. The average molecular weight is 351 g/mol. The normalized spacial score (nSPS) is 17.7. The van der Waals surface area contributed by atoms with Crippen LogP contribution in [0.5, 0.6) is 0 Å². The maximum Gasteiger partial charge on any atom is 0.251 e. The van der Waals surface area contributed by atoms with Crippen molar-refractivity contribution in [1.29, 1.82) is 0 Å². The monoisotopic (exact) mass is 350 g/mol. The molecule has 2 rings (SSSR count). The van der Waals surface area contributed by atoms with E-state index in [1.165, 1.54) is 16.6 Å². The van der Waals surface area contributed by atoms with Crippen molar-refractivity contribution in [1.82, 2.24) is 9.62 Å². The standard InChI is InChI=1S/C13H16Cl2N2O3S/c1-21(19,20)17-6-4-10(5-7-17)16-13(18)9-2-3-11(14)12(15)8-9/h2-3,8,10H,4-7H2,1H3,(H,16,18). The molecule has 21 heavy (non-hydrogen) atoms. The second-order valence-corrected chi connectivity index (χ2v) is 7.84. The molecule has 1 aliphatic heterocycles. The number of hydrogen-bond donors (Lipinski definition) is 1. The molecule has 8 heteroatoms. The first kappa shape index (κ1) is 16.5. The molecule has 0 aromatic heterocycles. The second-order valence-electron chi connectivity index (χ2n) is 5.04. The number of carbonyl (C=O) groups is 1. The minimum Gasteiger partial charge on any atom is -0.349 e. The first-order chi connectivity index (χ1) is 9.77. The topological polar surface area (TPSA) is 66.5 Å². The van der Waals surface area contributed by atoms with Crippen molar-refractivity contribution in [3.8, 4) is 0 Å². The molecule has 0 unspecified atom stereocenters. The van der Waals surface area contributed by atoms with Crippen molar-refractivity contribution in [2.24, 2.45) is 0 Å². The second kappa shape index (κ2) is 6.52. The van der Waals surface area contributed by atoms with E-state index in [9.17, 15) is 13.2 Å². The van der Waals surface area contributed by atoms with E-state index in [2.05, 4.69) is 5.32 Å². The van der Waals surface area contributed by atoms with E-state index in [0.717, 1.165) is 0 Å². The third-order valence-electron chi connectivity index (χ3n) is 3.44. The maximum absolute atomic E-state index is 12.1. The zero-order valence-electron chi connectivity index (χ0n) is 11.5. The van der Waals surface area contributed by atoms with Gasteiger partial charge in [-0.25, -0.2) is 12.7 Å². The highest BCUT2D eigenvalue weighted by molar-refractivity contribution is 7.88. The number of sulfonamides is 1. The Labute approximate surface area is 134 Å². The Hall–Kier alpha value is -0.820. The van der Waals surface area contributed by atoms with Gasteiger partial charge >= 0.3 is 0 Å². The molecule has 0 saturated carbocycles. The van der Waals surface area contributed by atoms with E-state index < -0.39 is 10.0 Å². The van der Waals surface area contributed by atoms with Gasteiger partial charge in [-0.3, -0.25) is 4.79 Å². The summed E-state index contributed by atoms with van der Waals surface area (Å²) in [5, 5.41) is 3.62. The summed E-state index contributed by atoms with van der Waals surface area (Å²) in [6, 6.07) is 4.66. The third-order valence-corrected chi connectivity index (χ3v) is 5.48. The van der Waals surface area contributed by atoms with E-state index in [4.69, 9.17) is 23.2 Å². The molecule has 0 bridgehead atoms. The van der Waals surface area contributed by atoms with E-state index in [0.29, 0.717) is 41.5 Å². The van der Waals surface area contributed by atoms with Gasteiger partial charge in [0.2, 0.25) is 10.0 Å². The van der Waals surface area contributed by atoms with Crippen LogP contribution in [0.25, 0.3) is 0 Å². The van der Waals surface area contributed by atoms with Gasteiger partial charge in [-0.15, -0.1) is 0 Å². The number of nitrogens with zero attached hydrogens (tertiary/aromatic N) is 1. The van der Waals surface area contributed by atoms with Crippen LogP contribution in [-0.4, -0.2) is 44.0 Å². The smallest absolute Gasteiger partial charge is 0.251 e. The highest BCUT2D eigenvalue weighted by atomic mass is 35.5. The fraction of sp³-hybridized carbons (Fsp3) is 0.462. The summed E-state index contributed by atoms with van der Waals surface area (Å²) < 4.78 is 24.3. The van der Waals surface area contributed by atoms with Gasteiger partial charge in [0.1, 0.15) is 0 Å². The van der Waals surface area contributed by atoms with Crippen molar-refractivity contribution in [2.75, 3.05) is 19.3 Å². The number of nitrogens with one attached hydrogen (secondary N) is 1. The quantitative estimate of drug-likeness (QED) is 0.907. The number of amides is 1. The Morgan fingerprint density at radius 2 is 1.86 bits per heavy atom. The number of piperidine rings is 1. The summed E-state index contributed by atoms with van der Waals surface area (Å²) >= 11 is 11.7. The first-order valence-electron chi connectivity index (χ1n) is 6.48. The predicted octanol–water partition coefficient (Wildman–Crippen LogP) is 2.15. The minimum atomic E-state index is -3.15. The molecule has 1 saturated heterocycles. The van der Waals surface area contributed by atoms with Crippen LogP contribution < -0.4 is 5.32 Å². The SMILES string of the molecule is CS(=O)(=O)N1CCC(NC(=O)c2ccc(Cl)c(Cl)c2)CC1. The number of hydrogen-bond acceptors (Lipinski definition) is 3. The lowest BCUT2D eigenvalue weighted by molar-refractivity contribution is 0.0924. The number of halogens is 2. The Morgan fingerprint density at radius 3 is 2.38 bits per heavy atom. The Kier molecular flexibility index (Phi) is 5.14. The van der Waals surface area contributed by atoms with Gasteiger partial charge in [0.25, 0.3) is 5.91 Å². The Morgan fingerprint density at radius 1 is 1.24 bits per heavy atom. The highest BCUT2D eigenvalue weighted by Gasteiger charge is 2.26. The number of benzene rings is 1. The van der Waals surface area contributed by atoms with Gasteiger partial charge in [-0.05, 0) is 31.0 Å². The van der Waals surface area contributed by atoms with Crippen molar-refractivity contribution in [3.63, 3.8) is 0 Å². The zero-order valence-corrected chi connectivity index (χ0v) is 13.8. The first-order valence-corrected chi connectivity index (χ1v) is 9.09. The molecule has 1 aromatic rings. The van der Waals surface area contributed by atoms with Crippen LogP contribution in [0.4, 0.5) is 0 Å². The predicted molar refractivity (Wildman–Crippen MR) is 83.4 cm³/mol. The molecule has 0 radical (unpaired) electrons. The van der Waals surface area contributed by atoms with Crippen LogP contribution in [0.1, 0.15) is 23.2 Å². The van der Waals surface area contributed by atoms with Crippen LogP contribution in [0.15, 0.2) is 18.2 Å². The zero-order chi connectivity index (χ0) is 15.6. The Balaban J connectivity index is 1.94. The fourth-order valence-electron chi connectivity index (χ4n) is 2.24. The molecule has 1 aliphatic rings. The minimum absolute atomic E-state index is 0.0371. The lowest BCUT2D eigenvalue weighted by atomic mass is 10.1. The van der Waals surface area contributed by atoms with E-state index in [1.807, 2.05) is 0 Å². The summed E-state index contributed by atoms with van der Waals surface area (Å²) in [5.74, 6) is -0.230. The molecular weight excluding hydrogens is 335 g/mol. The number of carbonyl (C=O) groups excluding carboxylic acids is 1. The largest absolute Gasteiger partial charge is 0.349 e. The maximum atomic E-state index is 12.1. The van der Waals surface area contributed by atoms with Crippen LogP contribution >= 0.6 is 23.2 Å². The lowest BCUT2D eigenvalue weighted by Crippen LogP contribution is -2.46. The van der Waals surface area contributed by atoms with E-state index in [1.54, 1.807) is 12.1 Å². The molecule has 0 spiro atoms. The highest BCUT2D eigenvalue weighted by Crippen LogP contribution is 2.23. The molecule has 1 heterocycles. The summed E-state index contributed by atoms with van der Waals surface area (Å²) in [5.41, 5.74) is 0.440. The molecule has 116 valence electrons. The summed E-state index contributed by atoms with van der Waals surface area (Å²) in [7, 11) is -3.15. The van der Waals surface area contributed by atoms with Crippen LogP contribution in [-0.2, 0) is 10.0 Å². The van der Waals surface area contributed by atoms with Crippen LogP contribution in [0.3, 0.4) is 0 Å². The molecule has 1 aromatic carbocycles. The van der Waals surface area contributed by atoms with Crippen LogP contribution in [0.2, 0.25) is 10.0 Å². The third kappa shape index (κ3) is 4.32. The average Bonchev–Trinajstić information content (AvgIpc) is 2.41. The molecule has 0 aliphatic carbocycles. The van der Waals surface area contributed by atoms with Crippen LogP contribution in [0, 0.1) is 0 Å². The molecule has 5 nitrogen and oxygen atoms in total. The van der Waals surface area contributed by atoms with E-state index >= 15 is 0 Å². The van der Waals surface area contributed by atoms with Gasteiger partial charge in [0.15, 0.2) is 0 Å². The molecule has 1 N–H and O–H groups in total. The van der Waals surface area contributed by atoms with Gasteiger partial charge in [-0.2, -0.15) is 0 Å². The fourth-order valence-corrected chi connectivity index (χ4v) is 3.41. The van der Waals surface area contributed by atoms with Crippen molar-refractivity contribution in [3.05, 3.63) is 33.8 Å². The van der Waals surface area contributed by atoms with Gasteiger partial charge in [0, 0.05) is 24.7 Å². The summed E-state index contributed by atoms with van der Waals surface area (Å²) in [6.07, 6.45) is 2.39. The molecule has 1 fully saturated rings. The Bertz CT molecular complexity index is 641. The van der Waals surface area contributed by atoms with E-state index in [-0.39, 0.29) is 11.9 Å². The molecular formula is C13H16Cl2N2O3S. The number of rotatable bonds is 3. The van der Waals surface area contributed by atoms with Gasteiger partial charge in [-0.1, -0.05) is 23.2 Å². The van der Waals surface area contributed by atoms with Gasteiger partial charge in [0.05, 0.1) is 16.3 Å². The summed E-state index contributed by atoms with van der Waals surface area (Å²) in [6.45, 7) is 0.844. The van der Waals surface area contributed by atoms with Crippen molar-refractivity contribution in [2.45, 2.75) is 18.9 Å². The summed E-state index contributed by atoms with van der Waals surface area (Å²) in [4.78, 5) is 12.1. The molecule has 0 atom stereocenters. The van der Waals surface area contributed by atoms with Crippen molar-refractivity contribution >= 4 is 39.1 Å². The van der Waals surface area contributed by atoms with Gasteiger partial charge < -0.3 is 5.32 Å². The van der Waals surface area contributed by atoms with Crippen molar-refractivity contribution < 1.29 is 13.2 Å².